The van der Waals surface area contributed by atoms with Crippen molar-refractivity contribution >= 4 is 18.3 Å². The molecule has 1 aromatic rings. The van der Waals surface area contributed by atoms with Crippen LogP contribution in [0.25, 0.3) is 0 Å². The molecule has 6 heteroatoms. The van der Waals surface area contributed by atoms with Crippen molar-refractivity contribution in [3.63, 3.8) is 0 Å². The van der Waals surface area contributed by atoms with Gasteiger partial charge < -0.3 is 11.1 Å². The zero-order valence-corrected chi connectivity index (χ0v) is 11.6. The van der Waals surface area contributed by atoms with E-state index in [0.717, 1.165) is 5.69 Å². The SMILES string of the molecule is CC(C)c1cc(C(=O)NCC(N)C2CC2)n[nH]1.Cl. The maximum absolute atomic E-state index is 11.8. The highest BCUT2D eigenvalue weighted by molar-refractivity contribution is 5.92. The zero-order valence-electron chi connectivity index (χ0n) is 10.8. The molecule has 0 radical (unpaired) electrons. The molecule has 102 valence electrons. The number of rotatable bonds is 5. The number of aromatic nitrogens is 2. The summed E-state index contributed by atoms with van der Waals surface area (Å²) < 4.78 is 0. The van der Waals surface area contributed by atoms with Crippen molar-refractivity contribution in [3.05, 3.63) is 17.5 Å². The molecule has 0 saturated heterocycles. The Labute approximate surface area is 113 Å². The number of aromatic amines is 1. The Bertz CT molecular complexity index is 401. The second kappa shape index (κ2) is 6.20. The number of carbonyl (C=O) groups excluding carboxylic acids is 1. The fourth-order valence-electron chi connectivity index (χ4n) is 1.74. The number of nitrogens with zero attached hydrogens (tertiary/aromatic N) is 1. The number of amides is 1. The lowest BCUT2D eigenvalue weighted by Gasteiger charge is -2.10. The highest BCUT2D eigenvalue weighted by Crippen LogP contribution is 2.31. The monoisotopic (exact) mass is 272 g/mol. The number of nitrogens with one attached hydrogen (secondary N) is 2. The summed E-state index contributed by atoms with van der Waals surface area (Å²) in [6.45, 7) is 4.64. The average molecular weight is 273 g/mol. The first-order valence-electron chi connectivity index (χ1n) is 6.17. The van der Waals surface area contributed by atoms with Crippen molar-refractivity contribution in [2.75, 3.05) is 6.54 Å². The average Bonchev–Trinajstić information content (AvgIpc) is 3.02. The van der Waals surface area contributed by atoms with E-state index in [1.54, 1.807) is 6.07 Å². The Hall–Kier alpha value is -1.07. The summed E-state index contributed by atoms with van der Waals surface area (Å²) in [5, 5.41) is 9.69. The molecule has 1 saturated carbocycles. The lowest BCUT2D eigenvalue weighted by molar-refractivity contribution is 0.0945. The first-order chi connectivity index (χ1) is 8.08. The van der Waals surface area contributed by atoms with E-state index in [2.05, 4.69) is 29.4 Å². The number of nitrogens with two attached hydrogens (primary N) is 1. The van der Waals surface area contributed by atoms with E-state index in [9.17, 15) is 4.79 Å². The van der Waals surface area contributed by atoms with E-state index in [1.807, 2.05) is 0 Å². The Balaban J connectivity index is 0.00000162. The van der Waals surface area contributed by atoms with Gasteiger partial charge in [0, 0.05) is 18.3 Å². The van der Waals surface area contributed by atoms with E-state index in [1.165, 1.54) is 12.8 Å². The molecule has 1 unspecified atom stereocenters. The van der Waals surface area contributed by atoms with Crippen LogP contribution in [0.3, 0.4) is 0 Å². The molecule has 0 spiro atoms. The summed E-state index contributed by atoms with van der Waals surface area (Å²) in [5.74, 6) is 0.794. The van der Waals surface area contributed by atoms with Crippen molar-refractivity contribution in [2.45, 2.75) is 38.6 Å². The van der Waals surface area contributed by atoms with Crippen LogP contribution < -0.4 is 11.1 Å². The standard InChI is InChI=1S/C12H20N4O.ClH/c1-7(2)10-5-11(16-15-10)12(17)14-6-9(13)8-3-4-8;/h5,7-9H,3-4,6,13H2,1-2H3,(H,14,17)(H,15,16);1H. The number of halogens is 1. The van der Waals surface area contributed by atoms with Gasteiger partial charge in [0.2, 0.25) is 0 Å². The van der Waals surface area contributed by atoms with Gasteiger partial charge in [-0.05, 0) is 30.7 Å². The highest BCUT2D eigenvalue weighted by Gasteiger charge is 2.28. The van der Waals surface area contributed by atoms with Gasteiger partial charge in [-0.25, -0.2) is 0 Å². The first-order valence-corrected chi connectivity index (χ1v) is 6.17. The van der Waals surface area contributed by atoms with Crippen LogP contribution in [-0.2, 0) is 0 Å². The summed E-state index contributed by atoms with van der Waals surface area (Å²) in [7, 11) is 0. The van der Waals surface area contributed by atoms with E-state index in [-0.39, 0.29) is 24.4 Å². The van der Waals surface area contributed by atoms with Crippen molar-refractivity contribution in [1.82, 2.24) is 15.5 Å². The quantitative estimate of drug-likeness (QED) is 0.758. The Morgan fingerprint density at radius 2 is 2.28 bits per heavy atom. The maximum Gasteiger partial charge on any atom is 0.271 e. The van der Waals surface area contributed by atoms with Gasteiger partial charge in [0.05, 0.1) is 0 Å². The molecule has 0 bridgehead atoms. The van der Waals surface area contributed by atoms with E-state index in [0.29, 0.717) is 24.1 Å². The Morgan fingerprint density at radius 3 is 2.78 bits per heavy atom. The lowest BCUT2D eigenvalue weighted by atomic mass is 10.1. The first kappa shape index (κ1) is 15.0. The molecule has 4 N–H and O–H groups in total. The molecule has 1 amide bonds. The van der Waals surface area contributed by atoms with Gasteiger partial charge in [0.15, 0.2) is 0 Å². The zero-order chi connectivity index (χ0) is 12.4. The largest absolute Gasteiger partial charge is 0.349 e. The number of hydrogen-bond donors (Lipinski definition) is 3. The van der Waals surface area contributed by atoms with Gasteiger partial charge in [-0.3, -0.25) is 9.89 Å². The Morgan fingerprint density at radius 1 is 1.61 bits per heavy atom. The van der Waals surface area contributed by atoms with Gasteiger partial charge in [0.25, 0.3) is 5.91 Å². The smallest absolute Gasteiger partial charge is 0.271 e. The summed E-state index contributed by atoms with van der Waals surface area (Å²) in [4.78, 5) is 11.8. The fraction of sp³-hybridized carbons (Fsp3) is 0.667. The summed E-state index contributed by atoms with van der Waals surface area (Å²) >= 11 is 0. The molecule has 0 aliphatic heterocycles. The second-order valence-corrected chi connectivity index (χ2v) is 5.07. The molecule has 18 heavy (non-hydrogen) atoms. The predicted octanol–water partition coefficient (Wildman–Crippen LogP) is 1.42. The van der Waals surface area contributed by atoms with Gasteiger partial charge in [-0.1, -0.05) is 13.8 Å². The molecule has 5 nitrogen and oxygen atoms in total. The normalized spacial score (nSPS) is 16.2. The van der Waals surface area contributed by atoms with Crippen LogP contribution in [0.15, 0.2) is 6.07 Å². The van der Waals surface area contributed by atoms with Crippen LogP contribution in [0.2, 0.25) is 0 Å². The van der Waals surface area contributed by atoms with Crippen molar-refractivity contribution in [3.8, 4) is 0 Å². The number of H-pyrrole nitrogens is 1. The van der Waals surface area contributed by atoms with Crippen LogP contribution in [-0.4, -0.2) is 28.7 Å². The Kier molecular flexibility index (Phi) is 5.16. The molecule has 1 atom stereocenters. The summed E-state index contributed by atoms with van der Waals surface area (Å²) in [5.41, 5.74) is 7.33. The van der Waals surface area contributed by atoms with Gasteiger partial charge in [0.1, 0.15) is 5.69 Å². The van der Waals surface area contributed by atoms with E-state index in [4.69, 9.17) is 5.73 Å². The molecule has 1 fully saturated rings. The predicted molar refractivity (Wildman–Crippen MR) is 73.0 cm³/mol. The van der Waals surface area contributed by atoms with Crippen LogP contribution in [0.4, 0.5) is 0 Å². The molecule has 1 heterocycles. The van der Waals surface area contributed by atoms with E-state index >= 15 is 0 Å². The molecule has 1 aliphatic carbocycles. The topological polar surface area (TPSA) is 83.8 Å². The van der Waals surface area contributed by atoms with Crippen LogP contribution in [0.5, 0.6) is 0 Å². The third-order valence-corrected chi connectivity index (χ3v) is 3.18. The molecular weight excluding hydrogens is 252 g/mol. The lowest BCUT2D eigenvalue weighted by Crippen LogP contribution is -2.38. The highest BCUT2D eigenvalue weighted by atomic mass is 35.5. The minimum atomic E-state index is -0.149. The molecule has 1 aliphatic rings. The summed E-state index contributed by atoms with van der Waals surface area (Å²) in [6.07, 6.45) is 2.38. The van der Waals surface area contributed by atoms with Gasteiger partial charge in [-0.15, -0.1) is 12.4 Å². The van der Waals surface area contributed by atoms with Crippen LogP contribution in [0, 0.1) is 5.92 Å². The maximum atomic E-state index is 11.8. The number of carbonyl (C=O) groups is 1. The van der Waals surface area contributed by atoms with Crippen molar-refractivity contribution < 1.29 is 4.79 Å². The fourth-order valence-corrected chi connectivity index (χ4v) is 1.74. The molecular formula is C12H21ClN4O. The third kappa shape index (κ3) is 3.71. The van der Waals surface area contributed by atoms with Crippen LogP contribution in [0.1, 0.15) is 48.8 Å². The third-order valence-electron chi connectivity index (χ3n) is 3.18. The molecule has 0 aromatic carbocycles. The molecule has 2 rings (SSSR count). The minimum absolute atomic E-state index is 0. The summed E-state index contributed by atoms with van der Waals surface area (Å²) in [6, 6.07) is 1.88. The number of hydrogen-bond acceptors (Lipinski definition) is 3. The molecule has 1 aromatic heterocycles. The second-order valence-electron chi connectivity index (χ2n) is 5.07. The van der Waals surface area contributed by atoms with Crippen LogP contribution >= 0.6 is 12.4 Å². The van der Waals surface area contributed by atoms with E-state index < -0.39 is 0 Å². The van der Waals surface area contributed by atoms with Gasteiger partial charge in [-0.2, -0.15) is 5.10 Å². The minimum Gasteiger partial charge on any atom is -0.349 e. The van der Waals surface area contributed by atoms with Crippen molar-refractivity contribution in [2.24, 2.45) is 11.7 Å². The van der Waals surface area contributed by atoms with Gasteiger partial charge >= 0.3 is 0 Å². The van der Waals surface area contributed by atoms with Crippen molar-refractivity contribution in [1.29, 1.82) is 0 Å².